The molecule has 2 unspecified atom stereocenters. The van der Waals surface area contributed by atoms with Gasteiger partial charge in [-0.15, -0.1) is 0 Å². The molecule has 0 saturated carbocycles. The SMILES string of the molecule is COC(=O)C1COCCN1C(=O)N1CCCC1(C)C(=O)O. The molecular formula is C13H20N2O6. The molecule has 2 aliphatic heterocycles. The Bertz CT molecular complexity index is 454. The Hall–Kier alpha value is -1.83. The van der Waals surface area contributed by atoms with Crippen molar-refractivity contribution in [3.63, 3.8) is 0 Å². The number of carboxylic acid groups (broad SMARTS) is 1. The molecule has 2 atom stereocenters. The number of esters is 1. The molecule has 118 valence electrons. The Kier molecular flexibility index (Phi) is 4.36. The van der Waals surface area contributed by atoms with Crippen LogP contribution in [0.3, 0.4) is 0 Å². The van der Waals surface area contributed by atoms with Crippen molar-refractivity contribution in [2.45, 2.75) is 31.3 Å². The second kappa shape index (κ2) is 5.88. The summed E-state index contributed by atoms with van der Waals surface area (Å²) >= 11 is 0. The van der Waals surface area contributed by atoms with Gasteiger partial charge in [0.25, 0.3) is 0 Å². The van der Waals surface area contributed by atoms with E-state index in [1.54, 1.807) is 0 Å². The van der Waals surface area contributed by atoms with Crippen LogP contribution in [0.15, 0.2) is 0 Å². The smallest absolute Gasteiger partial charge is 0.331 e. The van der Waals surface area contributed by atoms with Crippen LogP contribution in [0.1, 0.15) is 19.8 Å². The molecule has 0 bridgehead atoms. The van der Waals surface area contributed by atoms with Gasteiger partial charge in [0.05, 0.1) is 20.3 Å². The lowest BCUT2D eigenvalue weighted by Crippen LogP contribution is -2.61. The fourth-order valence-corrected chi connectivity index (χ4v) is 2.81. The first-order valence-electron chi connectivity index (χ1n) is 6.89. The molecule has 1 N–H and O–H groups in total. The molecule has 8 heteroatoms. The quantitative estimate of drug-likeness (QED) is 0.717. The molecule has 21 heavy (non-hydrogen) atoms. The predicted molar refractivity (Wildman–Crippen MR) is 70.7 cm³/mol. The molecule has 2 amide bonds. The number of hydrogen-bond donors (Lipinski definition) is 1. The minimum absolute atomic E-state index is 0.0655. The lowest BCUT2D eigenvalue weighted by Gasteiger charge is -2.40. The van der Waals surface area contributed by atoms with Gasteiger partial charge in [-0.05, 0) is 19.8 Å². The molecule has 0 spiro atoms. The van der Waals surface area contributed by atoms with E-state index in [1.807, 2.05) is 0 Å². The van der Waals surface area contributed by atoms with Crippen molar-refractivity contribution in [2.75, 3.05) is 33.4 Å². The highest BCUT2D eigenvalue weighted by Crippen LogP contribution is 2.31. The van der Waals surface area contributed by atoms with Gasteiger partial charge < -0.3 is 24.4 Å². The minimum atomic E-state index is -1.23. The molecule has 8 nitrogen and oxygen atoms in total. The maximum Gasteiger partial charge on any atom is 0.331 e. The van der Waals surface area contributed by atoms with Crippen molar-refractivity contribution in [2.24, 2.45) is 0 Å². The van der Waals surface area contributed by atoms with Crippen molar-refractivity contribution in [1.29, 1.82) is 0 Å². The van der Waals surface area contributed by atoms with Crippen LogP contribution in [0.25, 0.3) is 0 Å². The van der Waals surface area contributed by atoms with E-state index in [0.29, 0.717) is 26.0 Å². The summed E-state index contributed by atoms with van der Waals surface area (Å²) in [4.78, 5) is 38.6. The van der Waals surface area contributed by atoms with Crippen LogP contribution in [-0.4, -0.2) is 77.9 Å². The van der Waals surface area contributed by atoms with Gasteiger partial charge in [-0.25, -0.2) is 14.4 Å². The van der Waals surface area contributed by atoms with Crippen LogP contribution in [0.4, 0.5) is 4.79 Å². The van der Waals surface area contributed by atoms with Gasteiger partial charge in [0, 0.05) is 13.1 Å². The lowest BCUT2D eigenvalue weighted by atomic mass is 9.99. The zero-order chi connectivity index (χ0) is 15.6. The third kappa shape index (κ3) is 2.67. The summed E-state index contributed by atoms with van der Waals surface area (Å²) in [7, 11) is 1.25. The van der Waals surface area contributed by atoms with Crippen LogP contribution >= 0.6 is 0 Å². The second-order valence-electron chi connectivity index (χ2n) is 5.42. The molecule has 0 aromatic heterocycles. The molecule has 2 aliphatic rings. The fraction of sp³-hybridized carbons (Fsp3) is 0.769. The van der Waals surface area contributed by atoms with Crippen molar-refractivity contribution in [1.82, 2.24) is 9.80 Å². The third-order valence-corrected chi connectivity index (χ3v) is 4.18. The number of likely N-dealkylation sites (tertiary alicyclic amines) is 1. The fourth-order valence-electron chi connectivity index (χ4n) is 2.81. The highest BCUT2D eigenvalue weighted by atomic mass is 16.5. The summed E-state index contributed by atoms with van der Waals surface area (Å²) in [5, 5.41) is 9.38. The monoisotopic (exact) mass is 300 g/mol. The minimum Gasteiger partial charge on any atom is -0.480 e. The Morgan fingerprint density at radius 3 is 2.67 bits per heavy atom. The number of carbonyl (C=O) groups excluding carboxylic acids is 2. The zero-order valence-electron chi connectivity index (χ0n) is 12.2. The number of amides is 2. The average molecular weight is 300 g/mol. The van der Waals surface area contributed by atoms with Crippen LogP contribution in [0, 0.1) is 0 Å². The van der Waals surface area contributed by atoms with Gasteiger partial charge in [-0.1, -0.05) is 0 Å². The molecular weight excluding hydrogens is 280 g/mol. The van der Waals surface area contributed by atoms with E-state index < -0.39 is 29.6 Å². The Labute approximate surface area is 122 Å². The molecule has 0 aromatic rings. The van der Waals surface area contributed by atoms with Gasteiger partial charge in [0.15, 0.2) is 6.04 Å². The van der Waals surface area contributed by atoms with Crippen molar-refractivity contribution in [3.8, 4) is 0 Å². The number of methoxy groups -OCH3 is 1. The highest BCUT2D eigenvalue weighted by molar-refractivity contribution is 5.89. The Morgan fingerprint density at radius 1 is 1.33 bits per heavy atom. The number of urea groups is 1. The number of ether oxygens (including phenoxy) is 2. The summed E-state index contributed by atoms with van der Waals surface area (Å²) in [6, 6.07) is -1.27. The summed E-state index contributed by atoms with van der Waals surface area (Å²) in [5.41, 5.74) is -1.23. The topological polar surface area (TPSA) is 96.4 Å². The second-order valence-corrected chi connectivity index (χ2v) is 5.42. The zero-order valence-corrected chi connectivity index (χ0v) is 12.2. The number of nitrogens with zero attached hydrogens (tertiary/aromatic N) is 2. The third-order valence-electron chi connectivity index (χ3n) is 4.18. The largest absolute Gasteiger partial charge is 0.480 e. The maximum atomic E-state index is 12.7. The number of hydrogen-bond acceptors (Lipinski definition) is 5. The number of rotatable bonds is 2. The highest BCUT2D eigenvalue weighted by Gasteiger charge is 2.49. The van der Waals surface area contributed by atoms with E-state index in [4.69, 9.17) is 4.74 Å². The summed E-state index contributed by atoms with van der Waals surface area (Å²) in [5.74, 6) is -1.59. The summed E-state index contributed by atoms with van der Waals surface area (Å²) < 4.78 is 9.90. The first-order chi connectivity index (χ1) is 9.91. The maximum absolute atomic E-state index is 12.7. The molecule has 2 heterocycles. The number of carboxylic acids is 1. The number of carbonyl (C=O) groups is 3. The summed E-state index contributed by atoms with van der Waals surface area (Å²) in [6.07, 6.45) is 1.03. The van der Waals surface area contributed by atoms with Crippen LogP contribution in [0.2, 0.25) is 0 Å². The van der Waals surface area contributed by atoms with E-state index in [2.05, 4.69) is 4.74 Å². The molecule has 0 radical (unpaired) electrons. The average Bonchev–Trinajstić information content (AvgIpc) is 2.89. The molecule has 2 fully saturated rings. The van der Waals surface area contributed by atoms with Crippen molar-refractivity contribution >= 4 is 18.0 Å². The predicted octanol–water partition coefficient (Wildman–Crippen LogP) is -0.0807. The van der Waals surface area contributed by atoms with Gasteiger partial charge in [-0.2, -0.15) is 0 Å². The Morgan fingerprint density at radius 2 is 2.05 bits per heavy atom. The van der Waals surface area contributed by atoms with Crippen molar-refractivity contribution < 1.29 is 29.0 Å². The van der Waals surface area contributed by atoms with Crippen LogP contribution in [-0.2, 0) is 19.1 Å². The molecule has 2 saturated heterocycles. The standard InChI is InChI=1S/C13H20N2O6/c1-13(11(17)18)4-3-5-15(13)12(19)14-6-7-21-8-9(14)10(16)20-2/h9H,3-8H2,1-2H3,(H,17,18). The van der Waals surface area contributed by atoms with E-state index in [9.17, 15) is 19.5 Å². The number of aliphatic carboxylic acids is 1. The van der Waals surface area contributed by atoms with Crippen LogP contribution in [0.5, 0.6) is 0 Å². The Balaban J connectivity index is 2.21. The van der Waals surface area contributed by atoms with Gasteiger partial charge in [0.2, 0.25) is 0 Å². The van der Waals surface area contributed by atoms with Gasteiger partial charge in [0.1, 0.15) is 5.54 Å². The molecule has 2 rings (SSSR count). The molecule has 0 aromatic carbocycles. The lowest BCUT2D eigenvalue weighted by molar-refractivity contribution is -0.152. The van der Waals surface area contributed by atoms with E-state index in [0.717, 1.165) is 0 Å². The number of morpholine rings is 1. The first-order valence-corrected chi connectivity index (χ1v) is 6.89. The van der Waals surface area contributed by atoms with Crippen molar-refractivity contribution in [3.05, 3.63) is 0 Å². The van der Waals surface area contributed by atoms with E-state index in [1.165, 1.54) is 23.8 Å². The summed E-state index contributed by atoms with van der Waals surface area (Å²) in [6.45, 7) is 2.53. The van der Waals surface area contributed by atoms with E-state index >= 15 is 0 Å². The first kappa shape index (κ1) is 15.6. The van der Waals surface area contributed by atoms with E-state index in [-0.39, 0.29) is 13.2 Å². The van der Waals surface area contributed by atoms with Gasteiger partial charge >= 0.3 is 18.0 Å². The molecule has 0 aliphatic carbocycles. The normalized spacial score (nSPS) is 29.3. The van der Waals surface area contributed by atoms with Gasteiger partial charge in [-0.3, -0.25) is 0 Å². The van der Waals surface area contributed by atoms with Crippen LogP contribution < -0.4 is 0 Å².